The van der Waals surface area contributed by atoms with Crippen molar-refractivity contribution in [2.45, 2.75) is 0 Å². The molecule has 5 heteroatoms. The highest BCUT2D eigenvalue weighted by atomic mass is 79.9. The van der Waals surface area contributed by atoms with Gasteiger partial charge in [-0.05, 0) is 45.6 Å². The third-order valence-corrected chi connectivity index (χ3v) is 1.88. The summed E-state index contributed by atoms with van der Waals surface area (Å²) >= 11 is 8.54. The fourth-order valence-electron chi connectivity index (χ4n) is 0.833. The zero-order chi connectivity index (χ0) is 10.4. The van der Waals surface area contributed by atoms with Gasteiger partial charge in [0, 0.05) is 17.1 Å². The fraction of sp³-hybridized carbons (Fsp3) is 0.111. The van der Waals surface area contributed by atoms with Crippen molar-refractivity contribution < 1.29 is 4.84 Å². The standard InChI is InChI=1S/C9H6BrClN2O/c1-14-13-8(2-4-11)7-3-5-12-9(10)6-7/h3,5-6H,1H3/b13-8-. The third kappa shape index (κ3) is 3.02. The van der Waals surface area contributed by atoms with Crippen LogP contribution < -0.4 is 0 Å². The number of hydrogen-bond acceptors (Lipinski definition) is 3. The van der Waals surface area contributed by atoms with Crippen molar-refractivity contribution in [3.05, 3.63) is 28.5 Å². The zero-order valence-corrected chi connectivity index (χ0v) is 9.63. The average molecular weight is 274 g/mol. The summed E-state index contributed by atoms with van der Waals surface area (Å²) < 4.78 is 0.704. The molecule has 0 amide bonds. The maximum absolute atomic E-state index is 5.30. The van der Waals surface area contributed by atoms with Gasteiger partial charge in [-0.3, -0.25) is 0 Å². The van der Waals surface area contributed by atoms with Gasteiger partial charge in [-0.2, -0.15) is 0 Å². The molecule has 3 nitrogen and oxygen atoms in total. The van der Waals surface area contributed by atoms with Crippen LogP contribution >= 0.6 is 27.5 Å². The van der Waals surface area contributed by atoms with E-state index in [1.54, 1.807) is 18.3 Å². The highest BCUT2D eigenvalue weighted by Gasteiger charge is 2.01. The quantitative estimate of drug-likeness (QED) is 0.359. The molecule has 1 rings (SSSR count). The Kier molecular flexibility index (Phi) is 4.44. The van der Waals surface area contributed by atoms with Crippen molar-refractivity contribution in [3.63, 3.8) is 0 Å². The van der Waals surface area contributed by atoms with Crippen LogP contribution in [0.1, 0.15) is 5.56 Å². The van der Waals surface area contributed by atoms with Crippen molar-refractivity contribution in [3.8, 4) is 11.3 Å². The molecule has 1 aromatic rings. The van der Waals surface area contributed by atoms with Crippen LogP contribution in [0.15, 0.2) is 28.1 Å². The van der Waals surface area contributed by atoms with Crippen molar-refractivity contribution in [2.75, 3.05) is 7.11 Å². The van der Waals surface area contributed by atoms with Gasteiger partial charge in [0.05, 0.1) is 0 Å². The Balaban J connectivity index is 3.10. The highest BCUT2D eigenvalue weighted by Crippen LogP contribution is 2.09. The first kappa shape index (κ1) is 11.0. The van der Waals surface area contributed by atoms with Gasteiger partial charge in [0.15, 0.2) is 5.71 Å². The molecule has 0 aliphatic rings. The average Bonchev–Trinajstić information content (AvgIpc) is 2.17. The van der Waals surface area contributed by atoms with Gasteiger partial charge in [0.25, 0.3) is 0 Å². The number of hydrogen-bond donors (Lipinski definition) is 0. The Bertz CT molecular complexity index is 409. The maximum Gasteiger partial charge on any atom is 0.161 e. The number of aromatic nitrogens is 1. The molecule has 0 aliphatic carbocycles. The first-order chi connectivity index (χ1) is 6.77. The molecular weight excluding hydrogens is 267 g/mol. The molecule has 0 fully saturated rings. The number of rotatable bonds is 2. The lowest BCUT2D eigenvalue weighted by Gasteiger charge is -1.98. The smallest absolute Gasteiger partial charge is 0.161 e. The SMILES string of the molecule is CO/N=C(/C#CCl)c1ccnc(Br)c1. The first-order valence-corrected chi connectivity index (χ1v) is 4.79. The summed E-state index contributed by atoms with van der Waals surface area (Å²) in [6.07, 6.45) is 1.64. The Morgan fingerprint density at radius 1 is 1.71 bits per heavy atom. The van der Waals surface area contributed by atoms with E-state index in [9.17, 15) is 0 Å². The van der Waals surface area contributed by atoms with Crippen molar-refractivity contribution in [2.24, 2.45) is 5.16 Å². The number of pyridine rings is 1. The molecule has 0 saturated heterocycles. The van der Waals surface area contributed by atoms with Crippen LogP contribution in [0.25, 0.3) is 0 Å². The van der Waals surface area contributed by atoms with E-state index in [0.29, 0.717) is 10.3 Å². The Labute approximate surface area is 95.2 Å². The molecule has 0 bridgehead atoms. The van der Waals surface area contributed by atoms with E-state index in [2.05, 4.69) is 42.2 Å². The summed E-state index contributed by atoms with van der Waals surface area (Å²) in [4.78, 5) is 8.62. The van der Waals surface area contributed by atoms with E-state index in [0.717, 1.165) is 5.56 Å². The summed E-state index contributed by atoms with van der Waals surface area (Å²) in [5.74, 6) is 2.62. The lowest BCUT2D eigenvalue weighted by molar-refractivity contribution is 0.214. The van der Waals surface area contributed by atoms with E-state index in [4.69, 9.17) is 11.6 Å². The van der Waals surface area contributed by atoms with Crippen LogP contribution in [0.3, 0.4) is 0 Å². The molecule has 0 radical (unpaired) electrons. The molecule has 1 heterocycles. The molecule has 0 saturated carbocycles. The highest BCUT2D eigenvalue weighted by molar-refractivity contribution is 9.10. The van der Waals surface area contributed by atoms with Gasteiger partial charge in [-0.1, -0.05) is 5.16 Å². The predicted molar refractivity (Wildman–Crippen MR) is 59.1 cm³/mol. The molecule has 1 aromatic heterocycles. The van der Waals surface area contributed by atoms with Gasteiger partial charge >= 0.3 is 0 Å². The van der Waals surface area contributed by atoms with Crippen molar-refractivity contribution in [1.82, 2.24) is 4.98 Å². The summed E-state index contributed by atoms with van der Waals surface area (Å²) in [5, 5.41) is 5.98. The van der Waals surface area contributed by atoms with E-state index in [1.807, 2.05) is 0 Å². The van der Waals surface area contributed by atoms with Gasteiger partial charge in [-0.15, -0.1) is 0 Å². The van der Waals surface area contributed by atoms with Gasteiger partial charge in [0.1, 0.15) is 11.7 Å². The lowest BCUT2D eigenvalue weighted by Crippen LogP contribution is -1.98. The first-order valence-electron chi connectivity index (χ1n) is 3.62. The van der Waals surface area contributed by atoms with E-state index in [-0.39, 0.29) is 0 Å². The molecule has 14 heavy (non-hydrogen) atoms. The van der Waals surface area contributed by atoms with Gasteiger partial charge in [0.2, 0.25) is 0 Å². The molecule has 0 spiro atoms. The molecular formula is C9H6BrClN2O. The van der Waals surface area contributed by atoms with Crippen LogP contribution in [0.5, 0.6) is 0 Å². The van der Waals surface area contributed by atoms with Crippen molar-refractivity contribution >= 4 is 33.2 Å². The Morgan fingerprint density at radius 3 is 3.07 bits per heavy atom. The normalized spacial score (nSPS) is 10.4. The predicted octanol–water partition coefficient (Wildman–Crippen LogP) is 2.39. The van der Waals surface area contributed by atoms with Crippen LogP contribution in [-0.4, -0.2) is 17.8 Å². The van der Waals surface area contributed by atoms with Crippen molar-refractivity contribution in [1.29, 1.82) is 0 Å². The Morgan fingerprint density at radius 2 is 2.50 bits per heavy atom. The summed E-state index contributed by atoms with van der Waals surface area (Å²) in [6, 6.07) is 3.54. The number of nitrogens with zero attached hydrogens (tertiary/aromatic N) is 2. The minimum absolute atomic E-state index is 0.464. The molecule has 0 N–H and O–H groups in total. The van der Waals surface area contributed by atoms with E-state index in [1.165, 1.54) is 7.11 Å². The number of oxime groups is 1. The second-order valence-corrected chi connectivity index (χ2v) is 3.21. The van der Waals surface area contributed by atoms with E-state index >= 15 is 0 Å². The second kappa shape index (κ2) is 5.63. The largest absolute Gasteiger partial charge is 0.398 e. The van der Waals surface area contributed by atoms with Crippen LogP contribution in [0.2, 0.25) is 0 Å². The van der Waals surface area contributed by atoms with Gasteiger partial charge in [-0.25, -0.2) is 4.98 Å². The lowest BCUT2D eigenvalue weighted by atomic mass is 10.2. The van der Waals surface area contributed by atoms with Crippen LogP contribution in [0.4, 0.5) is 0 Å². The monoisotopic (exact) mass is 272 g/mol. The number of halogens is 2. The molecule has 72 valence electrons. The topological polar surface area (TPSA) is 34.5 Å². The molecule has 0 aromatic carbocycles. The van der Waals surface area contributed by atoms with Gasteiger partial charge < -0.3 is 4.84 Å². The minimum atomic E-state index is 0.464. The summed E-state index contributed by atoms with van der Waals surface area (Å²) in [5.41, 5.74) is 1.26. The fourth-order valence-corrected chi connectivity index (χ4v) is 1.29. The summed E-state index contributed by atoms with van der Waals surface area (Å²) in [6.45, 7) is 0. The van der Waals surface area contributed by atoms with Crippen LogP contribution in [-0.2, 0) is 4.84 Å². The molecule has 0 atom stereocenters. The second-order valence-electron chi connectivity index (χ2n) is 2.21. The van der Waals surface area contributed by atoms with Crippen LogP contribution in [0, 0.1) is 11.3 Å². The van der Waals surface area contributed by atoms with E-state index < -0.39 is 0 Å². The Hall–Kier alpha value is -1.05. The zero-order valence-electron chi connectivity index (χ0n) is 7.29. The molecule has 0 unspecified atom stereocenters. The summed E-state index contributed by atoms with van der Waals surface area (Å²) in [7, 11) is 1.45. The molecule has 0 aliphatic heterocycles. The third-order valence-electron chi connectivity index (χ3n) is 1.35. The maximum atomic E-state index is 5.30. The minimum Gasteiger partial charge on any atom is -0.398 e.